The molecule has 1 unspecified atom stereocenters. The van der Waals surface area contributed by atoms with Gasteiger partial charge >= 0.3 is 5.69 Å². The number of halogens is 1. The number of nitro groups is 1. The van der Waals surface area contributed by atoms with E-state index in [0.717, 1.165) is 29.2 Å². The first kappa shape index (κ1) is 16.7. The number of thiophene rings is 1. The van der Waals surface area contributed by atoms with Crippen LogP contribution in [0.15, 0.2) is 34.5 Å². The molecule has 0 saturated heterocycles. The molecule has 1 aromatic heterocycles. The van der Waals surface area contributed by atoms with Gasteiger partial charge in [-0.1, -0.05) is 41.1 Å². The summed E-state index contributed by atoms with van der Waals surface area (Å²) in [5.41, 5.74) is 0.511. The van der Waals surface area contributed by atoms with Gasteiger partial charge in [0.25, 0.3) is 0 Å². The minimum atomic E-state index is -3.50. The summed E-state index contributed by atoms with van der Waals surface area (Å²) in [6.45, 7) is 1.80. The number of sulfone groups is 1. The van der Waals surface area contributed by atoms with Gasteiger partial charge in [-0.15, -0.1) is 0 Å². The molecule has 9 heteroatoms. The maximum absolute atomic E-state index is 11.6. The summed E-state index contributed by atoms with van der Waals surface area (Å²) in [6, 6.07) is 7.88. The number of hydrogen-bond acceptors (Lipinski definition) is 6. The van der Waals surface area contributed by atoms with Gasteiger partial charge in [-0.2, -0.15) is 0 Å². The van der Waals surface area contributed by atoms with Crippen molar-refractivity contribution < 1.29 is 13.3 Å². The zero-order valence-electron chi connectivity index (χ0n) is 11.7. The van der Waals surface area contributed by atoms with Crippen molar-refractivity contribution in [2.45, 2.75) is 17.2 Å². The molecule has 1 N–H and O–H groups in total. The summed E-state index contributed by atoms with van der Waals surface area (Å²) in [4.78, 5) is 10.5. The Morgan fingerprint density at radius 3 is 2.55 bits per heavy atom. The Hall–Kier alpha value is -1.64. The second kappa shape index (κ2) is 6.23. The lowest BCUT2D eigenvalue weighted by Gasteiger charge is -2.15. The van der Waals surface area contributed by atoms with E-state index in [1.807, 2.05) is 6.07 Å². The lowest BCUT2D eigenvalue weighted by Crippen LogP contribution is -2.07. The zero-order chi connectivity index (χ0) is 16.5. The molecule has 0 aliphatic rings. The Bertz CT molecular complexity index is 817. The molecule has 0 spiro atoms. The van der Waals surface area contributed by atoms with Gasteiger partial charge in [0, 0.05) is 17.3 Å². The Morgan fingerprint density at radius 2 is 2.00 bits per heavy atom. The first-order chi connectivity index (χ1) is 10.2. The van der Waals surface area contributed by atoms with Crippen LogP contribution in [0.5, 0.6) is 0 Å². The highest BCUT2D eigenvalue weighted by Gasteiger charge is 2.25. The fourth-order valence-electron chi connectivity index (χ4n) is 1.88. The average Bonchev–Trinajstić information content (AvgIpc) is 2.83. The number of rotatable bonds is 5. The number of nitrogens with zero attached hydrogens (tertiary/aromatic N) is 1. The van der Waals surface area contributed by atoms with E-state index in [-0.39, 0.29) is 20.9 Å². The van der Waals surface area contributed by atoms with Gasteiger partial charge < -0.3 is 5.32 Å². The van der Waals surface area contributed by atoms with Gasteiger partial charge in [0.05, 0.1) is 11.0 Å². The standard InChI is InChI=1S/C13H13ClN2O4S2/c1-8(9-5-3-4-6-10(9)14)15-13-11(16(17)18)7-12(21-13)22(2,19)20/h3-8,15H,1-2H3. The smallest absolute Gasteiger partial charge is 0.304 e. The van der Waals surface area contributed by atoms with Crippen molar-refractivity contribution in [1.29, 1.82) is 0 Å². The van der Waals surface area contributed by atoms with Crippen LogP contribution in [-0.4, -0.2) is 19.6 Å². The van der Waals surface area contributed by atoms with Gasteiger partial charge in [0.1, 0.15) is 4.21 Å². The third kappa shape index (κ3) is 3.57. The third-order valence-electron chi connectivity index (χ3n) is 2.97. The SMILES string of the molecule is CC(Nc1sc(S(C)(=O)=O)cc1[N+](=O)[O-])c1ccccc1Cl. The first-order valence-electron chi connectivity index (χ1n) is 6.19. The van der Waals surface area contributed by atoms with Crippen LogP contribution in [0.3, 0.4) is 0 Å². The van der Waals surface area contributed by atoms with Gasteiger partial charge in [-0.05, 0) is 18.6 Å². The molecular formula is C13H13ClN2O4S2. The van der Waals surface area contributed by atoms with E-state index in [0.29, 0.717) is 5.02 Å². The maximum Gasteiger partial charge on any atom is 0.304 e. The Labute approximate surface area is 136 Å². The van der Waals surface area contributed by atoms with Crippen LogP contribution in [0, 0.1) is 10.1 Å². The third-order valence-corrected chi connectivity index (χ3v) is 6.17. The molecule has 6 nitrogen and oxygen atoms in total. The van der Waals surface area contributed by atoms with E-state index in [1.54, 1.807) is 25.1 Å². The van der Waals surface area contributed by atoms with Crippen LogP contribution in [0.1, 0.15) is 18.5 Å². The molecule has 0 bridgehead atoms. The van der Waals surface area contributed by atoms with Crippen molar-refractivity contribution in [2.24, 2.45) is 0 Å². The number of benzene rings is 1. The van der Waals surface area contributed by atoms with Crippen molar-refractivity contribution in [1.82, 2.24) is 0 Å². The monoisotopic (exact) mass is 360 g/mol. The van der Waals surface area contributed by atoms with Crippen molar-refractivity contribution >= 4 is 43.5 Å². The topological polar surface area (TPSA) is 89.3 Å². The number of hydrogen-bond donors (Lipinski definition) is 1. The molecular weight excluding hydrogens is 348 g/mol. The molecule has 118 valence electrons. The summed E-state index contributed by atoms with van der Waals surface area (Å²) < 4.78 is 23.1. The van der Waals surface area contributed by atoms with Gasteiger partial charge in [0.2, 0.25) is 0 Å². The Morgan fingerprint density at radius 1 is 1.36 bits per heavy atom. The van der Waals surface area contributed by atoms with E-state index < -0.39 is 14.8 Å². The Kier molecular flexibility index (Phi) is 4.74. The maximum atomic E-state index is 11.6. The van der Waals surface area contributed by atoms with E-state index >= 15 is 0 Å². The van der Waals surface area contributed by atoms with Crippen LogP contribution in [0.25, 0.3) is 0 Å². The van der Waals surface area contributed by atoms with Crippen LogP contribution < -0.4 is 5.32 Å². The molecule has 0 radical (unpaired) electrons. The predicted octanol–water partition coefficient (Wildman–Crippen LogP) is 3.89. The van der Waals surface area contributed by atoms with Crippen LogP contribution in [0.2, 0.25) is 5.02 Å². The Balaban J connectivity index is 2.39. The highest BCUT2D eigenvalue weighted by atomic mass is 35.5. The summed E-state index contributed by atoms with van der Waals surface area (Å²) in [5.74, 6) is 0. The van der Waals surface area contributed by atoms with Crippen molar-refractivity contribution in [3.63, 3.8) is 0 Å². The van der Waals surface area contributed by atoms with Crippen LogP contribution in [0.4, 0.5) is 10.7 Å². The molecule has 2 aromatic rings. The van der Waals surface area contributed by atoms with Gasteiger partial charge in [0.15, 0.2) is 14.8 Å². The molecule has 1 heterocycles. The second-order valence-electron chi connectivity index (χ2n) is 4.70. The van der Waals surface area contributed by atoms with Gasteiger partial charge in [-0.25, -0.2) is 8.42 Å². The quantitative estimate of drug-likeness (QED) is 0.645. The first-order valence-corrected chi connectivity index (χ1v) is 9.28. The minimum Gasteiger partial charge on any atom is -0.365 e. The minimum absolute atomic E-state index is 0.0481. The van der Waals surface area contributed by atoms with E-state index in [9.17, 15) is 18.5 Å². The zero-order valence-corrected chi connectivity index (χ0v) is 14.1. The molecule has 0 amide bonds. The normalized spacial score (nSPS) is 12.9. The second-order valence-corrected chi connectivity index (χ2v) is 8.40. The summed E-state index contributed by atoms with van der Waals surface area (Å²) >= 11 is 6.94. The summed E-state index contributed by atoms with van der Waals surface area (Å²) in [5, 5.41) is 14.8. The summed E-state index contributed by atoms with van der Waals surface area (Å²) in [7, 11) is -3.50. The van der Waals surface area contributed by atoms with E-state index in [1.165, 1.54) is 0 Å². The van der Waals surface area contributed by atoms with Crippen molar-refractivity contribution in [3.05, 3.63) is 51.0 Å². The summed E-state index contributed by atoms with van der Waals surface area (Å²) in [6.07, 6.45) is 1.02. The molecule has 2 rings (SSSR count). The lowest BCUT2D eigenvalue weighted by atomic mass is 10.1. The fourth-order valence-corrected chi connectivity index (χ4v) is 4.21. The lowest BCUT2D eigenvalue weighted by molar-refractivity contribution is -0.383. The molecule has 0 aliphatic heterocycles. The van der Waals surface area contributed by atoms with Crippen molar-refractivity contribution in [3.8, 4) is 0 Å². The largest absolute Gasteiger partial charge is 0.365 e. The molecule has 22 heavy (non-hydrogen) atoms. The molecule has 1 aromatic carbocycles. The molecule has 1 atom stereocenters. The molecule has 0 aliphatic carbocycles. The fraction of sp³-hybridized carbons (Fsp3) is 0.231. The highest BCUT2D eigenvalue weighted by molar-refractivity contribution is 7.92. The van der Waals surface area contributed by atoms with Crippen LogP contribution in [-0.2, 0) is 9.84 Å². The van der Waals surface area contributed by atoms with Crippen LogP contribution >= 0.6 is 22.9 Å². The van der Waals surface area contributed by atoms with E-state index in [2.05, 4.69) is 5.32 Å². The number of anilines is 1. The molecule has 0 fully saturated rings. The molecule has 0 saturated carbocycles. The van der Waals surface area contributed by atoms with Crippen molar-refractivity contribution in [2.75, 3.05) is 11.6 Å². The predicted molar refractivity (Wildman–Crippen MR) is 87.6 cm³/mol. The van der Waals surface area contributed by atoms with Gasteiger partial charge in [-0.3, -0.25) is 10.1 Å². The van der Waals surface area contributed by atoms with E-state index in [4.69, 9.17) is 11.6 Å². The average molecular weight is 361 g/mol. The number of nitrogens with one attached hydrogen (secondary N) is 1. The highest BCUT2D eigenvalue weighted by Crippen LogP contribution is 2.39.